The zero-order valence-electron chi connectivity index (χ0n) is 12.5. The summed E-state index contributed by atoms with van der Waals surface area (Å²) in [6, 6.07) is 22.8. The lowest BCUT2D eigenvalue weighted by Crippen LogP contribution is -1.98. The number of fused-ring (bicyclic) bond motifs is 1. The first-order valence-corrected chi connectivity index (χ1v) is 7.93. The summed E-state index contributed by atoms with van der Waals surface area (Å²) in [7, 11) is 0. The molecule has 0 amide bonds. The molecule has 0 fully saturated rings. The van der Waals surface area contributed by atoms with E-state index in [9.17, 15) is 0 Å². The van der Waals surface area contributed by atoms with Crippen LogP contribution in [-0.4, -0.2) is 9.55 Å². The molecule has 0 aliphatic rings. The van der Waals surface area contributed by atoms with Crippen molar-refractivity contribution in [1.29, 1.82) is 0 Å². The maximum Gasteiger partial charge on any atom is 0.153 e. The first-order valence-electron chi connectivity index (χ1n) is 7.55. The monoisotopic (exact) mass is 318 g/mol. The molecule has 0 N–H and O–H groups in total. The molecule has 2 aromatic heterocycles. The van der Waals surface area contributed by atoms with Crippen LogP contribution < -0.4 is 0 Å². The minimum absolute atomic E-state index is 0.542. The third-order valence-electron chi connectivity index (χ3n) is 4.02. The van der Waals surface area contributed by atoms with E-state index < -0.39 is 0 Å². The molecule has 2 aromatic carbocycles. The minimum Gasteiger partial charge on any atom is -0.340 e. The third-order valence-corrected chi connectivity index (χ3v) is 4.30. The Morgan fingerprint density at radius 1 is 0.870 bits per heavy atom. The van der Waals surface area contributed by atoms with Crippen molar-refractivity contribution in [3.05, 3.63) is 89.8 Å². The Balaban J connectivity index is 1.91. The maximum atomic E-state index is 6.40. The lowest BCUT2D eigenvalue weighted by atomic mass is 10.1. The summed E-state index contributed by atoms with van der Waals surface area (Å²) in [5.41, 5.74) is 4.59. The molecular formula is C20H15ClN2. The van der Waals surface area contributed by atoms with Crippen molar-refractivity contribution in [3.63, 3.8) is 0 Å². The SMILES string of the molecule is Clc1nccc2c(-c3ccccc3)cn(Cc3ccccc3)c12. The second kappa shape index (κ2) is 5.90. The predicted octanol–water partition coefficient (Wildman–Crippen LogP) is 5.41. The number of benzene rings is 2. The van der Waals surface area contributed by atoms with Crippen LogP contribution in [0.25, 0.3) is 22.0 Å². The first kappa shape index (κ1) is 14.0. The molecule has 0 spiro atoms. The second-order valence-electron chi connectivity index (χ2n) is 5.52. The van der Waals surface area contributed by atoms with E-state index in [4.69, 9.17) is 11.6 Å². The van der Waals surface area contributed by atoms with E-state index in [2.05, 4.69) is 64.3 Å². The zero-order chi connectivity index (χ0) is 15.6. The molecule has 0 atom stereocenters. The Hall–Kier alpha value is -2.58. The first-order chi connectivity index (χ1) is 11.3. The van der Waals surface area contributed by atoms with E-state index in [-0.39, 0.29) is 0 Å². The van der Waals surface area contributed by atoms with E-state index in [0.717, 1.165) is 17.4 Å². The second-order valence-corrected chi connectivity index (χ2v) is 5.88. The number of rotatable bonds is 3. The van der Waals surface area contributed by atoms with E-state index in [1.54, 1.807) is 6.20 Å². The van der Waals surface area contributed by atoms with Gasteiger partial charge in [-0.2, -0.15) is 0 Å². The standard InChI is InChI=1S/C20H15ClN2/c21-20-19-17(11-12-22-20)18(16-9-5-2-6-10-16)14-23(19)13-15-7-3-1-4-8-15/h1-12,14H,13H2. The van der Waals surface area contributed by atoms with E-state index in [0.29, 0.717) is 5.15 Å². The van der Waals surface area contributed by atoms with Crippen LogP contribution in [0.3, 0.4) is 0 Å². The van der Waals surface area contributed by atoms with Crippen molar-refractivity contribution in [2.45, 2.75) is 6.54 Å². The highest BCUT2D eigenvalue weighted by Gasteiger charge is 2.13. The summed E-state index contributed by atoms with van der Waals surface area (Å²) in [4.78, 5) is 4.26. The van der Waals surface area contributed by atoms with Crippen molar-refractivity contribution >= 4 is 22.5 Å². The summed E-state index contributed by atoms with van der Waals surface area (Å²) in [6.07, 6.45) is 3.94. The summed E-state index contributed by atoms with van der Waals surface area (Å²) < 4.78 is 2.18. The van der Waals surface area contributed by atoms with E-state index in [1.807, 2.05) is 18.2 Å². The molecule has 0 unspecified atom stereocenters. The smallest absolute Gasteiger partial charge is 0.153 e. The van der Waals surface area contributed by atoms with E-state index >= 15 is 0 Å². The van der Waals surface area contributed by atoms with Gasteiger partial charge in [0.25, 0.3) is 0 Å². The normalized spacial score (nSPS) is 11.0. The van der Waals surface area contributed by atoms with Gasteiger partial charge in [0.1, 0.15) is 0 Å². The Bertz CT molecular complexity index is 943. The number of hydrogen-bond acceptors (Lipinski definition) is 1. The predicted molar refractivity (Wildman–Crippen MR) is 95.7 cm³/mol. The zero-order valence-corrected chi connectivity index (χ0v) is 13.2. The molecular weight excluding hydrogens is 304 g/mol. The molecule has 4 aromatic rings. The molecule has 4 rings (SSSR count). The van der Waals surface area contributed by atoms with Gasteiger partial charge in [0.2, 0.25) is 0 Å². The van der Waals surface area contributed by atoms with E-state index in [1.165, 1.54) is 16.7 Å². The highest BCUT2D eigenvalue weighted by atomic mass is 35.5. The van der Waals surface area contributed by atoms with Crippen LogP contribution in [0.15, 0.2) is 79.1 Å². The van der Waals surface area contributed by atoms with Gasteiger partial charge in [0, 0.05) is 29.9 Å². The van der Waals surface area contributed by atoms with Gasteiger partial charge in [-0.05, 0) is 17.2 Å². The van der Waals surface area contributed by atoms with Crippen molar-refractivity contribution < 1.29 is 0 Å². The molecule has 2 nitrogen and oxygen atoms in total. The number of hydrogen-bond donors (Lipinski definition) is 0. The topological polar surface area (TPSA) is 17.8 Å². The highest BCUT2D eigenvalue weighted by molar-refractivity contribution is 6.34. The molecule has 0 saturated carbocycles. The Morgan fingerprint density at radius 2 is 1.57 bits per heavy atom. The Labute approximate surface area is 140 Å². The molecule has 112 valence electrons. The lowest BCUT2D eigenvalue weighted by molar-refractivity contribution is 0.836. The van der Waals surface area contributed by atoms with Gasteiger partial charge in [-0.15, -0.1) is 0 Å². The van der Waals surface area contributed by atoms with Crippen LogP contribution in [0, 0.1) is 0 Å². The number of nitrogens with zero attached hydrogens (tertiary/aromatic N) is 2. The molecule has 3 heteroatoms. The summed E-state index contributed by atoms with van der Waals surface area (Å²) in [5, 5.41) is 1.67. The minimum atomic E-state index is 0.542. The van der Waals surface area contributed by atoms with Crippen LogP contribution >= 0.6 is 11.6 Å². The molecule has 0 radical (unpaired) electrons. The van der Waals surface area contributed by atoms with Crippen LogP contribution in [0.2, 0.25) is 5.15 Å². The molecule has 2 heterocycles. The lowest BCUT2D eigenvalue weighted by Gasteiger charge is -2.06. The fraction of sp³-hybridized carbons (Fsp3) is 0.0500. The van der Waals surface area contributed by atoms with Crippen molar-refractivity contribution in [1.82, 2.24) is 9.55 Å². The molecule has 0 aliphatic heterocycles. The number of pyridine rings is 1. The van der Waals surface area contributed by atoms with Crippen LogP contribution in [0.1, 0.15) is 5.56 Å². The van der Waals surface area contributed by atoms with Gasteiger partial charge in [-0.3, -0.25) is 0 Å². The average Bonchev–Trinajstić information content (AvgIpc) is 2.96. The van der Waals surface area contributed by atoms with Gasteiger partial charge < -0.3 is 4.57 Å². The number of halogens is 1. The van der Waals surface area contributed by atoms with Crippen molar-refractivity contribution in [2.75, 3.05) is 0 Å². The summed E-state index contributed by atoms with van der Waals surface area (Å²) in [5.74, 6) is 0. The molecule has 0 bridgehead atoms. The third kappa shape index (κ3) is 2.62. The quantitative estimate of drug-likeness (QED) is 0.462. The molecule has 0 aliphatic carbocycles. The summed E-state index contributed by atoms with van der Waals surface area (Å²) >= 11 is 6.40. The van der Waals surface area contributed by atoms with Crippen molar-refractivity contribution in [2.24, 2.45) is 0 Å². The van der Waals surface area contributed by atoms with Gasteiger partial charge in [0.05, 0.1) is 5.52 Å². The van der Waals surface area contributed by atoms with Gasteiger partial charge in [-0.25, -0.2) is 4.98 Å². The maximum absolute atomic E-state index is 6.40. The van der Waals surface area contributed by atoms with Gasteiger partial charge >= 0.3 is 0 Å². The van der Waals surface area contributed by atoms with Crippen LogP contribution in [0.4, 0.5) is 0 Å². The molecule has 0 saturated heterocycles. The Kier molecular flexibility index (Phi) is 3.60. The van der Waals surface area contributed by atoms with Crippen molar-refractivity contribution in [3.8, 4) is 11.1 Å². The highest BCUT2D eigenvalue weighted by Crippen LogP contribution is 2.33. The largest absolute Gasteiger partial charge is 0.340 e. The van der Waals surface area contributed by atoms with Gasteiger partial charge in [-0.1, -0.05) is 72.3 Å². The molecule has 23 heavy (non-hydrogen) atoms. The average molecular weight is 319 g/mol. The summed E-state index contributed by atoms with van der Waals surface area (Å²) in [6.45, 7) is 0.773. The number of aromatic nitrogens is 2. The Morgan fingerprint density at radius 3 is 2.30 bits per heavy atom. The fourth-order valence-corrected chi connectivity index (χ4v) is 3.23. The fourth-order valence-electron chi connectivity index (χ4n) is 2.96. The van der Waals surface area contributed by atoms with Crippen LogP contribution in [0.5, 0.6) is 0 Å². The van der Waals surface area contributed by atoms with Gasteiger partial charge in [0.15, 0.2) is 5.15 Å². The van der Waals surface area contributed by atoms with Crippen LogP contribution in [-0.2, 0) is 6.54 Å².